The number of rotatable bonds is 2. The Bertz CT molecular complexity index is 430. The molecule has 0 amide bonds. The lowest BCUT2D eigenvalue weighted by Gasteiger charge is -1.97. The molecule has 1 aliphatic rings. The summed E-state index contributed by atoms with van der Waals surface area (Å²) < 4.78 is 7.02. The third kappa shape index (κ3) is 2.15. The first-order valence-electron chi connectivity index (χ1n) is 4.87. The number of aliphatic imine (C=N–C) groups is 1. The number of hydrogen-bond donors (Lipinski definition) is 0. The molecule has 4 heteroatoms. The second-order valence-corrected chi connectivity index (χ2v) is 3.23. The maximum absolute atomic E-state index is 11.1. The van der Waals surface area contributed by atoms with Gasteiger partial charge in [0.05, 0.1) is 12.7 Å². The Morgan fingerprint density at radius 2 is 2.53 bits per heavy atom. The zero-order valence-electron chi connectivity index (χ0n) is 8.51. The van der Waals surface area contributed by atoms with Crippen molar-refractivity contribution in [3.63, 3.8) is 0 Å². The molecule has 0 aromatic carbocycles. The molecule has 0 fully saturated rings. The highest BCUT2D eigenvalue weighted by Crippen LogP contribution is 2.19. The Morgan fingerprint density at radius 1 is 1.67 bits per heavy atom. The topological polar surface area (TPSA) is 43.6 Å². The lowest BCUT2D eigenvalue weighted by atomic mass is 10.4. The van der Waals surface area contributed by atoms with Crippen LogP contribution in [0.4, 0.5) is 0 Å². The second kappa shape index (κ2) is 4.13. The van der Waals surface area contributed by atoms with E-state index >= 15 is 0 Å². The molecule has 1 aromatic rings. The fourth-order valence-corrected chi connectivity index (χ4v) is 1.36. The molecule has 0 N–H and O–H groups in total. The maximum atomic E-state index is 11.1. The van der Waals surface area contributed by atoms with Crippen molar-refractivity contribution in [2.24, 2.45) is 4.99 Å². The molecule has 1 aliphatic heterocycles. The lowest BCUT2D eigenvalue weighted by molar-refractivity contribution is -0.134. The third-order valence-corrected chi connectivity index (χ3v) is 2.12. The first kappa shape index (κ1) is 9.71. The molecule has 4 nitrogen and oxygen atoms in total. The highest BCUT2D eigenvalue weighted by atomic mass is 16.5. The van der Waals surface area contributed by atoms with Crippen LogP contribution in [0, 0.1) is 0 Å². The van der Waals surface area contributed by atoms with Crippen molar-refractivity contribution in [3.8, 4) is 5.75 Å². The largest absolute Gasteiger partial charge is 0.425 e. The Labute approximate surface area is 87.9 Å². The molecule has 0 aliphatic carbocycles. The van der Waals surface area contributed by atoms with Crippen molar-refractivity contribution in [1.82, 2.24) is 4.57 Å². The van der Waals surface area contributed by atoms with E-state index in [1.165, 1.54) is 0 Å². The van der Waals surface area contributed by atoms with Gasteiger partial charge in [0.2, 0.25) is 0 Å². The molecule has 2 rings (SSSR count). The number of allylic oxidation sites excluding steroid dienone is 1. The van der Waals surface area contributed by atoms with Crippen LogP contribution in [0.3, 0.4) is 0 Å². The minimum Gasteiger partial charge on any atom is -0.425 e. The van der Waals surface area contributed by atoms with E-state index in [9.17, 15) is 4.79 Å². The maximum Gasteiger partial charge on any atom is 0.310 e. The Hall–Kier alpha value is -1.84. The summed E-state index contributed by atoms with van der Waals surface area (Å²) in [7, 11) is 0. The fraction of sp³-hybridized carbons (Fsp3) is 0.273. The van der Waals surface area contributed by atoms with Crippen molar-refractivity contribution < 1.29 is 9.53 Å². The quantitative estimate of drug-likeness (QED) is 0.690. The van der Waals surface area contributed by atoms with E-state index in [1.807, 2.05) is 22.9 Å². The average Bonchev–Trinajstić information content (AvgIpc) is 2.48. The summed E-state index contributed by atoms with van der Waals surface area (Å²) in [4.78, 5) is 15.2. The van der Waals surface area contributed by atoms with Crippen molar-refractivity contribution >= 4 is 18.4 Å². The highest BCUT2D eigenvalue weighted by molar-refractivity contribution is 5.76. The van der Waals surface area contributed by atoms with E-state index < -0.39 is 0 Å². The zero-order chi connectivity index (χ0) is 10.7. The van der Waals surface area contributed by atoms with E-state index in [0.717, 1.165) is 5.69 Å². The summed E-state index contributed by atoms with van der Waals surface area (Å²) in [5.41, 5.74) is 1.01. The molecular formula is C11H12N2O2. The second-order valence-electron chi connectivity index (χ2n) is 3.23. The number of hydrogen-bond acceptors (Lipinski definition) is 3. The van der Waals surface area contributed by atoms with Crippen LogP contribution in [0.1, 0.15) is 19.0 Å². The summed E-state index contributed by atoms with van der Waals surface area (Å²) in [6.07, 6.45) is 7.66. The van der Waals surface area contributed by atoms with Crippen LogP contribution >= 0.6 is 0 Å². The molecule has 0 spiro atoms. The van der Waals surface area contributed by atoms with Gasteiger partial charge < -0.3 is 9.30 Å². The first-order chi connectivity index (χ1) is 7.29. The van der Waals surface area contributed by atoms with E-state index in [0.29, 0.717) is 18.7 Å². The van der Waals surface area contributed by atoms with Crippen molar-refractivity contribution in [3.05, 3.63) is 24.0 Å². The van der Waals surface area contributed by atoms with E-state index in [1.54, 1.807) is 19.3 Å². The van der Waals surface area contributed by atoms with Gasteiger partial charge in [-0.3, -0.25) is 9.79 Å². The molecule has 0 bridgehead atoms. The minimum absolute atomic E-state index is 0.219. The predicted molar refractivity (Wildman–Crippen MR) is 57.9 cm³/mol. The smallest absolute Gasteiger partial charge is 0.310 e. The third-order valence-electron chi connectivity index (χ3n) is 2.12. The first-order valence-corrected chi connectivity index (χ1v) is 4.87. The number of esters is 1. The van der Waals surface area contributed by atoms with Gasteiger partial charge in [0.1, 0.15) is 5.75 Å². The van der Waals surface area contributed by atoms with E-state index in [-0.39, 0.29) is 5.97 Å². The van der Waals surface area contributed by atoms with Gasteiger partial charge in [-0.1, -0.05) is 6.92 Å². The summed E-state index contributed by atoms with van der Waals surface area (Å²) in [5, 5.41) is 0. The summed E-state index contributed by atoms with van der Waals surface area (Å²) in [6, 6.07) is 1.83. The van der Waals surface area contributed by atoms with Gasteiger partial charge in [0.25, 0.3) is 0 Å². The Balaban J connectivity index is 2.20. The van der Waals surface area contributed by atoms with Gasteiger partial charge >= 0.3 is 5.97 Å². The van der Waals surface area contributed by atoms with E-state index in [2.05, 4.69) is 4.99 Å². The lowest BCUT2D eigenvalue weighted by Crippen LogP contribution is -2.04. The van der Waals surface area contributed by atoms with Crippen molar-refractivity contribution in [2.75, 3.05) is 0 Å². The number of nitrogens with zero attached hydrogens (tertiary/aromatic N) is 2. The van der Waals surface area contributed by atoms with Crippen molar-refractivity contribution in [2.45, 2.75) is 19.9 Å². The van der Waals surface area contributed by atoms with Crippen LogP contribution in [0.2, 0.25) is 0 Å². The number of fused-ring (bicyclic) bond motifs is 1. The monoisotopic (exact) mass is 204 g/mol. The van der Waals surface area contributed by atoms with Gasteiger partial charge in [-0.05, 0) is 6.08 Å². The van der Waals surface area contributed by atoms with Gasteiger partial charge in [0, 0.05) is 30.6 Å². The van der Waals surface area contributed by atoms with Gasteiger partial charge in [-0.15, -0.1) is 0 Å². The zero-order valence-corrected chi connectivity index (χ0v) is 8.51. The van der Waals surface area contributed by atoms with Crippen LogP contribution in [-0.2, 0) is 11.3 Å². The van der Waals surface area contributed by atoms with Crippen molar-refractivity contribution in [1.29, 1.82) is 0 Å². The number of aromatic nitrogens is 1. The highest BCUT2D eigenvalue weighted by Gasteiger charge is 2.08. The number of carbonyl (C=O) groups is 1. The summed E-state index contributed by atoms with van der Waals surface area (Å²) in [6.45, 7) is 2.38. The predicted octanol–water partition coefficient (Wildman–Crippen LogP) is 1.86. The fourth-order valence-electron chi connectivity index (χ4n) is 1.36. The molecule has 1 aromatic heterocycles. The molecule has 2 heterocycles. The minimum atomic E-state index is -0.219. The normalized spacial score (nSPS) is 13.4. The molecule has 0 saturated heterocycles. The molecule has 15 heavy (non-hydrogen) atoms. The molecule has 78 valence electrons. The standard InChI is InChI=1S/C11H12N2O2/c1-2-11(14)15-10-6-9-7-12-4-3-5-13(9)8-10/h3-6,8H,2,7H2,1H3. The van der Waals surface area contributed by atoms with Crippen LogP contribution in [0.5, 0.6) is 5.75 Å². The summed E-state index contributed by atoms with van der Waals surface area (Å²) in [5.74, 6) is 0.363. The van der Waals surface area contributed by atoms with Gasteiger partial charge in [-0.2, -0.15) is 0 Å². The van der Waals surface area contributed by atoms with Gasteiger partial charge in [0.15, 0.2) is 0 Å². The molecule has 0 saturated carbocycles. The van der Waals surface area contributed by atoms with Crippen LogP contribution < -0.4 is 4.74 Å². The van der Waals surface area contributed by atoms with Crippen LogP contribution in [-0.4, -0.2) is 16.8 Å². The molecule has 0 unspecified atom stereocenters. The van der Waals surface area contributed by atoms with Gasteiger partial charge in [-0.25, -0.2) is 0 Å². The molecule has 0 radical (unpaired) electrons. The van der Waals surface area contributed by atoms with Crippen LogP contribution in [0.25, 0.3) is 6.20 Å². The van der Waals surface area contributed by atoms with E-state index in [4.69, 9.17) is 4.74 Å². The number of carbonyl (C=O) groups excluding carboxylic acids is 1. The molecular weight excluding hydrogens is 192 g/mol. The Morgan fingerprint density at radius 3 is 3.33 bits per heavy atom. The summed E-state index contributed by atoms with van der Waals surface area (Å²) >= 11 is 0. The molecule has 0 atom stereocenters. The SMILES string of the molecule is CCC(=O)Oc1cc2n(c1)C=CC=NC2. The number of ether oxygens (including phenoxy) is 1. The average molecular weight is 204 g/mol. The van der Waals surface area contributed by atoms with Crippen LogP contribution in [0.15, 0.2) is 23.3 Å². The Kier molecular flexibility index (Phi) is 2.67.